The molecule has 7 rings (SSSR count). The van der Waals surface area contributed by atoms with Gasteiger partial charge in [-0.25, -0.2) is 5.84 Å². The van der Waals surface area contributed by atoms with Crippen LogP contribution in [0.25, 0.3) is 0 Å². The molecule has 8 atom stereocenters. The van der Waals surface area contributed by atoms with E-state index in [0.717, 1.165) is 49.9 Å². The number of nitrogens with one attached hydrogen (secondary N) is 1. The zero-order valence-electron chi connectivity index (χ0n) is 37.4. The van der Waals surface area contributed by atoms with E-state index < -0.39 is 57.9 Å². The van der Waals surface area contributed by atoms with Gasteiger partial charge in [0.25, 0.3) is 10.2 Å². The molecule has 0 amide bonds. The molecule has 0 saturated carbocycles. The van der Waals surface area contributed by atoms with Crippen LogP contribution in [-0.4, -0.2) is 102 Å². The van der Waals surface area contributed by atoms with Gasteiger partial charge in [0.2, 0.25) is 5.39 Å². The fourth-order valence-electron chi connectivity index (χ4n) is 6.87. The van der Waals surface area contributed by atoms with Crippen LogP contribution in [0.15, 0.2) is 49.1 Å². The SMILES string of the molecule is C=CCc1cc(C(C)([I-]CI=C)c2ccc(OC(C)(C)C3CCO3)c(CCCNO[N+]3(O)ON(N)O[N+](N)(O)O[N+]4(N)ON(ON)O[N+](N)(O[N+](N)(O)O4)O3)c2)ccc1OC(C)(C)CC1CO1. The van der Waals surface area contributed by atoms with Crippen LogP contribution in [0.4, 0.5) is 0 Å². The maximum atomic E-state index is 11.3. The summed E-state index contributed by atoms with van der Waals surface area (Å²) in [4.78, 5) is 47.4. The first-order valence-corrected chi connectivity index (χ1v) is 25.8. The van der Waals surface area contributed by atoms with E-state index >= 15 is 0 Å². The van der Waals surface area contributed by atoms with E-state index in [9.17, 15) is 15.6 Å². The number of allylic oxidation sites excluding steroid dienone is 1. The number of benzene rings is 2. The quantitative estimate of drug-likeness (QED) is 0.00883. The number of fused-ring (bicyclic) bond motifs is 10. The number of hydrogen-bond acceptors (Lipinski definition) is 26. The molecule has 31 nitrogen and oxygen atoms in total. The van der Waals surface area contributed by atoms with Crippen LogP contribution in [0.2, 0.25) is 0 Å². The summed E-state index contributed by atoms with van der Waals surface area (Å²) in [6.45, 7) is 15.7. The summed E-state index contributed by atoms with van der Waals surface area (Å²) in [7, 11) is 0. The van der Waals surface area contributed by atoms with Gasteiger partial charge in [-0.2, -0.15) is 10.8 Å². The molecule has 5 heterocycles. The Labute approximate surface area is 403 Å². The Morgan fingerprint density at radius 3 is 2.04 bits per heavy atom. The monoisotopic (exact) mass is 1190 g/mol. The number of nitrogens with zero attached hydrogens (tertiary/aromatic N) is 7. The standard InChI is InChI=1S/C34H62I2N14O17/c1-8-10-24-19-26(12-14-29(24)56-32(2,3)21-28-22-55-28)34(6,36-23-35-7)27-13-15-30(57-33(4,5)31-16-18-54-31)25(20-27)11-9-17-43-59-50(53)61-44(37)60-46(38,51)64-48(40)62-45(58-42)63-49(41,67-50)66-47(39,52)65-48/h8,12-15,19-20,28,31,43,51-53H,1,7,9-11,16-18,21-23,37-42H2,2-6H3/q+4. The van der Waals surface area contributed by atoms with Crippen molar-refractivity contribution in [1.82, 2.24) is 16.2 Å². The predicted molar refractivity (Wildman–Crippen MR) is 220 cm³/mol. The van der Waals surface area contributed by atoms with Crippen LogP contribution < -0.4 is 71.3 Å². The normalized spacial score (nSPS) is 32.1. The number of hydrogen-bond donors (Lipinski definition) is 10. The number of ether oxygens (including phenoxy) is 4. The van der Waals surface area contributed by atoms with Crippen molar-refractivity contribution >= 4 is 25.2 Å². The van der Waals surface area contributed by atoms with Crippen molar-refractivity contribution in [2.45, 2.75) is 93.6 Å². The average molecular weight is 1190 g/mol. The van der Waals surface area contributed by atoms with Crippen LogP contribution in [0.3, 0.4) is 0 Å². The van der Waals surface area contributed by atoms with Gasteiger partial charge in [-0.3, -0.25) is 0 Å². The number of epoxide rings is 1. The first-order valence-electron chi connectivity index (χ1n) is 20.2. The van der Waals surface area contributed by atoms with E-state index in [2.05, 4.69) is 87.4 Å². The molecule has 33 heteroatoms. The van der Waals surface area contributed by atoms with Gasteiger partial charge >= 0.3 is 310 Å². The number of hydroxylamine groups is 1. The van der Waals surface area contributed by atoms with Crippen LogP contribution >= 0.6 is 20.7 Å². The Hall–Kier alpha value is -2.05. The van der Waals surface area contributed by atoms with E-state index in [0.29, 0.717) is 25.2 Å². The topological polar surface area (TPSA) is 368 Å². The van der Waals surface area contributed by atoms with Crippen molar-refractivity contribution in [3.05, 3.63) is 71.3 Å². The molecule has 5 aliphatic heterocycles. The summed E-state index contributed by atoms with van der Waals surface area (Å²) in [5.74, 6) is 34.4. The number of hydrazine groups is 1. The second kappa shape index (κ2) is 21.3. The molecule has 16 N–H and O–H groups in total. The van der Waals surface area contributed by atoms with E-state index in [1.807, 2.05) is 26.0 Å². The molecule has 2 aromatic carbocycles. The molecular formula is C34H62I2N14O17+4. The van der Waals surface area contributed by atoms with Crippen molar-refractivity contribution in [2.75, 3.05) is 22.2 Å². The maximum absolute atomic E-state index is 11.3. The van der Waals surface area contributed by atoms with E-state index in [1.165, 1.54) is 0 Å². The molecule has 0 aromatic heterocycles. The van der Waals surface area contributed by atoms with Crippen molar-refractivity contribution in [3.63, 3.8) is 0 Å². The summed E-state index contributed by atoms with van der Waals surface area (Å²) in [6, 6.07) is 12.6. The van der Waals surface area contributed by atoms with Gasteiger partial charge in [0.05, 0.1) is 9.88 Å². The number of nitrogens with two attached hydrogens (primary N) is 6. The molecule has 5 saturated heterocycles. The second-order valence-corrected chi connectivity index (χ2v) is 24.9. The Kier molecular flexibility index (Phi) is 17.3. The van der Waals surface area contributed by atoms with Gasteiger partial charge in [0, 0.05) is 4.94 Å². The number of aryl methyl sites for hydroxylation is 1. The molecule has 67 heavy (non-hydrogen) atoms. The average Bonchev–Trinajstić information content (AvgIpc) is 3.97. The third kappa shape index (κ3) is 14.8. The molecule has 0 spiro atoms. The summed E-state index contributed by atoms with van der Waals surface area (Å²) in [5, 5.41) is 17.8. The molecule has 8 unspecified atom stereocenters. The van der Waals surface area contributed by atoms with Crippen molar-refractivity contribution in [2.24, 2.45) is 35.1 Å². The Balaban J connectivity index is 1.25. The Morgan fingerprint density at radius 1 is 0.881 bits per heavy atom. The molecule has 0 radical (unpaired) electrons. The van der Waals surface area contributed by atoms with Crippen molar-refractivity contribution in [3.8, 4) is 11.5 Å². The van der Waals surface area contributed by atoms with E-state index in [1.54, 1.807) is 0 Å². The molecule has 2 bridgehead atoms. The zero-order chi connectivity index (χ0) is 49.1. The van der Waals surface area contributed by atoms with Crippen LogP contribution in [0.1, 0.15) is 76.1 Å². The second-order valence-electron chi connectivity index (χ2n) is 16.5. The van der Waals surface area contributed by atoms with Crippen molar-refractivity contribution in [1.29, 1.82) is 0 Å². The fraction of sp³-hybridized carbons (Fsp3) is 0.559. The predicted octanol–water partition coefficient (Wildman–Crippen LogP) is -2.78. The summed E-state index contributed by atoms with van der Waals surface area (Å²) in [6.07, 6.45) is 4.86. The van der Waals surface area contributed by atoms with Gasteiger partial charge < -0.3 is 0 Å². The van der Waals surface area contributed by atoms with Gasteiger partial charge in [0.1, 0.15) is 0 Å². The first-order chi connectivity index (χ1) is 31.2. The minimum atomic E-state index is -2.81. The Morgan fingerprint density at radius 2 is 1.48 bits per heavy atom. The van der Waals surface area contributed by atoms with E-state index in [-0.39, 0.29) is 60.1 Å². The molecule has 5 aliphatic rings. The third-order valence-corrected chi connectivity index (χ3v) is 18.1. The van der Waals surface area contributed by atoms with Gasteiger partial charge in [-0.1, -0.05) is 23.4 Å². The van der Waals surface area contributed by atoms with Crippen LogP contribution in [0.5, 0.6) is 11.5 Å². The van der Waals surface area contributed by atoms with Crippen molar-refractivity contribution < 1.29 is 131 Å². The zero-order valence-corrected chi connectivity index (χ0v) is 41.7. The third-order valence-electron chi connectivity index (χ3n) is 9.96. The number of quaternary nitrogens is 5. The summed E-state index contributed by atoms with van der Waals surface area (Å²) >= 11 is -0.736. The number of rotatable bonds is 21. The molecule has 5 fully saturated rings. The fourth-order valence-corrected chi connectivity index (χ4v) is 14.4. The first kappa shape index (κ1) is 54.3. The van der Waals surface area contributed by atoms with Crippen LogP contribution in [0, 0.1) is 0 Å². The van der Waals surface area contributed by atoms with Gasteiger partial charge in [-0.05, 0) is 0 Å². The molecule has 0 aliphatic carbocycles. The Bertz CT molecular complexity index is 2050. The minimum absolute atomic E-state index is 0.0934. The molecular weight excluding hydrogens is 1130 g/mol. The number of alkyl halides is 3. The summed E-state index contributed by atoms with van der Waals surface area (Å²) in [5.41, 5.74) is 5.40. The number of halogens is 2. The molecule has 380 valence electrons. The molecule has 2 aromatic rings. The van der Waals surface area contributed by atoms with Crippen LogP contribution in [-0.2, 0) is 75.1 Å². The van der Waals surface area contributed by atoms with Gasteiger partial charge in [-0.15, -0.1) is 10.4 Å². The van der Waals surface area contributed by atoms with Gasteiger partial charge in [0.15, 0.2) is 14.8 Å². The van der Waals surface area contributed by atoms with E-state index in [4.69, 9.17) is 83.7 Å². The summed E-state index contributed by atoms with van der Waals surface area (Å²) < 4.78 is 29.6.